The van der Waals surface area contributed by atoms with Gasteiger partial charge < -0.3 is 18.8 Å². The summed E-state index contributed by atoms with van der Waals surface area (Å²) in [5.74, 6) is 1.83. The standard InChI is InChI=1S/C18H20N2O4/c1-22-16-7-2-3-8-17(16)24-13-9-18(21)20(11-5-10-19)14-15-6-4-12-23-15/h2-4,6-8,12H,5,9,11,13-14H2,1H3. The smallest absolute Gasteiger partial charge is 0.226 e. The summed E-state index contributed by atoms with van der Waals surface area (Å²) in [6, 6.07) is 12.9. The highest BCUT2D eigenvalue weighted by molar-refractivity contribution is 5.76. The molecule has 1 heterocycles. The second-order valence-corrected chi connectivity index (χ2v) is 5.05. The lowest BCUT2D eigenvalue weighted by Gasteiger charge is -2.20. The summed E-state index contributed by atoms with van der Waals surface area (Å²) in [6.07, 6.45) is 2.05. The first kappa shape index (κ1) is 17.4. The lowest BCUT2D eigenvalue weighted by Crippen LogP contribution is -2.32. The first-order valence-corrected chi connectivity index (χ1v) is 7.67. The Labute approximate surface area is 141 Å². The molecule has 0 aliphatic heterocycles. The molecule has 24 heavy (non-hydrogen) atoms. The molecular weight excluding hydrogens is 308 g/mol. The van der Waals surface area contributed by atoms with Crippen molar-refractivity contribution >= 4 is 5.91 Å². The Morgan fingerprint density at radius 2 is 2.04 bits per heavy atom. The molecule has 0 atom stereocenters. The molecule has 0 fully saturated rings. The van der Waals surface area contributed by atoms with Crippen molar-refractivity contribution < 1.29 is 18.7 Å². The molecule has 0 unspecified atom stereocenters. The van der Waals surface area contributed by atoms with Crippen molar-refractivity contribution in [1.29, 1.82) is 5.26 Å². The predicted molar refractivity (Wildman–Crippen MR) is 87.5 cm³/mol. The predicted octanol–water partition coefficient (Wildman–Crippen LogP) is 3.00. The van der Waals surface area contributed by atoms with Crippen molar-refractivity contribution in [2.75, 3.05) is 20.3 Å². The fourth-order valence-electron chi connectivity index (χ4n) is 2.21. The molecule has 0 spiro atoms. The largest absolute Gasteiger partial charge is 0.493 e. The zero-order valence-electron chi connectivity index (χ0n) is 13.6. The molecule has 1 aromatic carbocycles. The molecule has 0 N–H and O–H groups in total. The van der Waals surface area contributed by atoms with Crippen molar-refractivity contribution in [3.05, 3.63) is 48.4 Å². The van der Waals surface area contributed by atoms with Crippen molar-refractivity contribution in [3.63, 3.8) is 0 Å². The highest BCUT2D eigenvalue weighted by Crippen LogP contribution is 2.25. The zero-order chi connectivity index (χ0) is 17.2. The average Bonchev–Trinajstić information content (AvgIpc) is 3.12. The Morgan fingerprint density at radius 3 is 2.71 bits per heavy atom. The van der Waals surface area contributed by atoms with Crippen molar-refractivity contribution in [3.8, 4) is 17.6 Å². The minimum atomic E-state index is -0.0865. The number of rotatable bonds is 9. The molecule has 126 valence electrons. The normalized spacial score (nSPS) is 10.0. The Hall–Kier alpha value is -2.94. The maximum absolute atomic E-state index is 12.4. The average molecular weight is 328 g/mol. The third-order valence-corrected chi connectivity index (χ3v) is 3.42. The third-order valence-electron chi connectivity index (χ3n) is 3.42. The number of furan rings is 1. The SMILES string of the molecule is COc1ccccc1OCCC(=O)N(CCC#N)Cc1ccco1. The van der Waals surface area contributed by atoms with E-state index in [0.717, 1.165) is 0 Å². The molecule has 0 saturated heterocycles. The van der Waals surface area contributed by atoms with Crippen LogP contribution in [0.25, 0.3) is 0 Å². The molecule has 1 amide bonds. The number of ether oxygens (including phenoxy) is 2. The summed E-state index contributed by atoms with van der Waals surface area (Å²) in [4.78, 5) is 14.0. The van der Waals surface area contributed by atoms with E-state index < -0.39 is 0 Å². The summed E-state index contributed by atoms with van der Waals surface area (Å²) >= 11 is 0. The van der Waals surface area contributed by atoms with E-state index in [2.05, 4.69) is 6.07 Å². The van der Waals surface area contributed by atoms with E-state index in [-0.39, 0.29) is 25.4 Å². The molecule has 0 saturated carbocycles. The highest BCUT2D eigenvalue weighted by Gasteiger charge is 2.15. The Bertz CT molecular complexity index is 677. The van der Waals surface area contributed by atoms with Gasteiger partial charge in [-0.3, -0.25) is 4.79 Å². The number of hydrogen-bond acceptors (Lipinski definition) is 5. The number of nitriles is 1. The number of methoxy groups -OCH3 is 1. The van der Waals surface area contributed by atoms with Gasteiger partial charge in [-0.2, -0.15) is 5.26 Å². The van der Waals surface area contributed by atoms with E-state index in [9.17, 15) is 4.79 Å². The molecule has 2 rings (SSSR count). The van der Waals surface area contributed by atoms with Crippen LogP contribution in [0.4, 0.5) is 0 Å². The number of para-hydroxylation sites is 2. The van der Waals surface area contributed by atoms with Gasteiger partial charge in [0.05, 0.1) is 45.4 Å². The second kappa shape index (κ2) is 9.26. The van der Waals surface area contributed by atoms with Gasteiger partial charge in [-0.1, -0.05) is 12.1 Å². The lowest BCUT2D eigenvalue weighted by molar-refractivity contribution is -0.132. The van der Waals surface area contributed by atoms with Gasteiger partial charge >= 0.3 is 0 Å². The number of carbonyl (C=O) groups is 1. The maximum atomic E-state index is 12.4. The van der Waals surface area contributed by atoms with Crippen LogP contribution in [-0.2, 0) is 11.3 Å². The van der Waals surface area contributed by atoms with E-state index in [4.69, 9.17) is 19.2 Å². The Kier molecular flexibility index (Phi) is 6.72. The molecule has 0 bridgehead atoms. The van der Waals surface area contributed by atoms with Gasteiger partial charge in [0, 0.05) is 6.54 Å². The number of amides is 1. The molecule has 0 aliphatic rings. The van der Waals surface area contributed by atoms with Crippen LogP contribution in [0.5, 0.6) is 11.5 Å². The lowest BCUT2D eigenvalue weighted by atomic mass is 10.3. The molecule has 0 aliphatic carbocycles. The molecular formula is C18H20N2O4. The number of benzene rings is 1. The molecule has 1 aromatic heterocycles. The van der Waals surface area contributed by atoms with E-state index in [1.807, 2.05) is 12.1 Å². The summed E-state index contributed by atoms with van der Waals surface area (Å²) in [5.41, 5.74) is 0. The fraction of sp³-hybridized carbons (Fsp3) is 0.333. The van der Waals surface area contributed by atoms with Crippen LogP contribution in [0, 0.1) is 11.3 Å². The second-order valence-electron chi connectivity index (χ2n) is 5.05. The van der Waals surface area contributed by atoms with Crippen LogP contribution in [0.3, 0.4) is 0 Å². The Balaban J connectivity index is 1.88. The topological polar surface area (TPSA) is 75.7 Å². The maximum Gasteiger partial charge on any atom is 0.226 e. The van der Waals surface area contributed by atoms with E-state index >= 15 is 0 Å². The van der Waals surface area contributed by atoms with Gasteiger partial charge in [0.1, 0.15) is 5.76 Å². The van der Waals surface area contributed by atoms with E-state index in [1.165, 1.54) is 0 Å². The first-order chi connectivity index (χ1) is 11.7. The van der Waals surface area contributed by atoms with Crippen molar-refractivity contribution in [2.45, 2.75) is 19.4 Å². The van der Waals surface area contributed by atoms with Crippen LogP contribution in [-0.4, -0.2) is 31.1 Å². The number of nitrogens with zero attached hydrogens (tertiary/aromatic N) is 2. The van der Waals surface area contributed by atoms with Crippen LogP contribution < -0.4 is 9.47 Å². The molecule has 6 heteroatoms. The highest BCUT2D eigenvalue weighted by atomic mass is 16.5. The van der Waals surface area contributed by atoms with E-state index in [1.54, 1.807) is 42.5 Å². The van der Waals surface area contributed by atoms with Crippen molar-refractivity contribution in [2.24, 2.45) is 0 Å². The monoisotopic (exact) mass is 328 g/mol. The Morgan fingerprint density at radius 1 is 1.25 bits per heavy atom. The number of hydrogen-bond donors (Lipinski definition) is 0. The van der Waals surface area contributed by atoms with Crippen molar-refractivity contribution in [1.82, 2.24) is 4.90 Å². The summed E-state index contributed by atoms with van der Waals surface area (Å²) in [7, 11) is 1.57. The van der Waals surface area contributed by atoms with Crippen LogP contribution in [0.1, 0.15) is 18.6 Å². The van der Waals surface area contributed by atoms with E-state index in [0.29, 0.717) is 30.3 Å². The summed E-state index contributed by atoms with van der Waals surface area (Å²) < 4.78 is 16.1. The molecule has 2 aromatic rings. The first-order valence-electron chi connectivity index (χ1n) is 7.67. The quantitative estimate of drug-likeness (QED) is 0.707. The van der Waals surface area contributed by atoms with Crippen LogP contribution in [0.15, 0.2) is 47.1 Å². The zero-order valence-corrected chi connectivity index (χ0v) is 13.6. The van der Waals surface area contributed by atoms with Gasteiger partial charge in [0.2, 0.25) is 5.91 Å². The van der Waals surface area contributed by atoms with Gasteiger partial charge in [-0.05, 0) is 24.3 Å². The number of carbonyl (C=O) groups excluding carboxylic acids is 1. The van der Waals surface area contributed by atoms with Gasteiger partial charge in [-0.15, -0.1) is 0 Å². The third kappa shape index (κ3) is 5.06. The van der Waals surface area contributed by atoms with Crippen LogP contribution in [0.2, 0.25) is 0 Å². The van der Waals surface area contributed by atoms with Crippen LogP contribution >= 0.6 is 0 Å². The fourth-order valence-corrected chi connectivity index (χ4v) is 2.21. The summed E-state index contributed by atoms with van der Waals surface area (Å²) in [6.45, 7) is 0.952. The summed E-state index contributed by atoms with van der Waals surface area (Å²) in [5, 5.41) is 8.76. The van der Waals surface area contributed by atoms with Gasteiger partial charge in [0.15, 0.2) is 11.5 Å². The molecule has 0 radical (unpaired) electrons. The minimum Gasteiger partial charge on any atom is -0.493 e. The van der Waals surface area contributed by atoms with Gasteiger partial charge in [0.25, 0.3) is 0 Å². The minimum absolute atomic E-state index is 0.0865. The molecule has 6 nitrogen and oxygen atoms in total. The van der Waals surface area contributed by atoms with Gasteiger partial charge in [-0.25, -0.2) is 0 Å².